The quantitative estimate of drug-likeness (QED) is 0.665. The van der Waals surface area contributed by atoms with E-state index in [1.165, 1.54) is 6.26 Å². The molecule has 3 aromatic rings. The van der Waals surface area contributed by atoms with Crippen molar-refractivity contribution in [2.75, 3.05) is 32.7 Å². The number of carbonyl (C=O) groups is 3. The standard InChI is InChI=1S/C25H28N4O4/c1-27-16-19(18-5-2-3-6-20(18)27)24(32)29-13-10-25(17-29)8-11-28(12-9-25)22(30)15-26-23(31)21-7-4-14-33-21/h2-7,14,16H,8-13,15,17H2,1H3,(H,26,31). The molecule has 0 radical (unpaired) electrons. The summed E-state index contributed by atoms with van der Waals surface area (Å²) < 4.78 is 7.06. The van der Waals surface area contributed by atoms with E-state index < -0.39 is 0 Å². The molecule has 0 saturated carbocycles. The van der Waals surface area contributed by atoms with Crippen LogP contribution in [0.25, 0.3) is 10.9 Å². The third kappa shape index (κ3) is 4.01. The molecule has 3 amide bonds. The number of nitrogens with zero attached hydrogens (tertiary/aromatic N) is 3. The van der Waals surface area contributed by atoms with Crippen molar-refractivity contribution in [1.82, 2.24) is 19.7 Å². The molecule has 0 atom stereocenters. The Bertz CT molecular complexity index is 1190. The van der Waals surface area contributed by atoms with Crippen molar-refractivity contribution in [2.24, 2.45) is 12.5 Å². The number of para-hydroxylation sites is 1. The lowest BCUT2D eigenvalue weighted by atomic mass is 9.78. The number of amides is 3. The maximum absolute atomic E-state index is 13.3. The van der Waals surface area contributed by atoms with E-state index in [-0.39, 0.29) is 35.4 Å². The number of hydrogen-bond donors (Lipinski definition) is 1. The first kappa shape index (κ1) is 21.3. The lowest BCUT2D eigenvalue weighted by molar-refractivity contribution is -0.132. The van der Waals surface area contributed by atoms with Crippen molar-refractivity contribution >= 4 is 28.6 Å². The first-order chi connectivity index (χ1) is 16.0. The van der Waals surface area contributed by atoms with Crippen molar-refractivity contribution in [2.45, 2.75) is 19.3 Å². The van der Waals surface area contributed by atoms with Crippen LogP contribution in [0, 0.1) is 5.41 Å². The maximum atomic E-state index is 13.3. The molecule has 0 unspecified atom stereocenters. The van der Waals surface area contributed by atoms with E-state index in [1.54, 1.807) is 12.1 Å². The average molecular weight is 449 g/mol. The number of nitrogens with one attached hydrogen (secondary N) is 1. The van der Waals surface area contributed by atoms with E-state index in [9.17, 15) is 14.4 Å². The molecule has 2 saturated heterocycles. The molecule has 1 N–H and O–H groups in total. The van der Waals surface area contributed by atoms with E-state index in [0.29, 0.717) is 13.1 Å². The zero-order valence-corrected chi connectivity index (χ0v) is 18.8. The second-order valence-electron chi connectivity index (χ2n) is 9.19. The topological polar surface area (TPSA) is 87.8 Å². The second-order valence-corrected chi connectivity index (χ2v) is 9.19. The Kier molecular flexibility index (Phi) is 5.44. The molecule has 2 fully saturated rings. The Morgan fingerprint density at radius 3 is 2.45 bits per heavy atom. The summed E-state index contributed by atoms with van der Waals surface area (Å²) >= 11 is 0. The third-order valence-electron chi connectivity index (χ3n) is 7.17. The molecule has 5 rings (SSSR count). The zero-order chi connectivity index (χ0) is 23.0. The van der Waals surface area contributed by atoms with Crippen LogP contribution in [0.1, 0.15) is 40.2 Å². The smallest absolute Gasteiger partial charge is 0.287 e. The zero-order valence-electron chi connectivity index (χ0n) is 18.8. The van der Waals surface area contributed by atoms with E-state index in [0.717, 1.165) is 48.8 Å². The van der Waals surface area contributed by atoms with E-state index in [2.05, 4.69) is 5.32 Å². The Morgan fingerprint density at radius 1 is 1.00 bits per heavy atom. The fourth-order valence-corrected chi connectivity index (χ4v) is 5.19. The van der Waals surface area contributed by atoms with Gasteiger partial charge in [0.15, 0.2) is 5.76 Å². The van der Waals surface area contributed by atoms with Gasteiger partial charge in [0, 0.05) is 50.3 Å². The number of aromatic nitrogens is 1. The molecule has 8 nitrogen and oxygen atoms in total. The highest BCUT2D eigenvalue weighted by Crippen LogP contribution is 2.41. The average Bonchev–Trinajstić information content (AvgIpc) is 3.58. The Balaban J connectivity index is 1.17. The second kappa shape index (κ2) is 8.42. The monoisotopic (exact) mass is 448 g/mol. The van der Waals surface area contributed by atoms with Gasteiger partial charge >= 0.3 is 0 Å². The SMILES string of the molecule is Cn1cc(C(=O)N2CCC3(CCN(C(=O)CNC(=O)c4ccco4)CC3)C2)c2ccccc21. The summed E-state index contributed by atoms with van der Waals surface area (Å²) in [5.74, 6) is -0.197. The van der Waals surface area contributed by atoms with Crippen molar-refractivity contribution in [1.29, 1.82) is 0 Å². The Morgan fingerprint density at radius 2 is 1.73 bits per heavy atom. The predicted octanol–water partition coefficient (Wildman–Crippen LogP) is 2.66. The molecular formula is C25H28N4O4. The van der Waals surface area contributed by atoms with Gasteiger partial charge in [0.25, 0.3) is 11.8 Å². The number of benzene rings is 1. The molecular weight excluding hydrogens is 420 g/mol. The van der Waals surface area contributed by atoms with Gasteiger partial charge in [0.2, 0.25) is 5.91 Å². The van der Waals surface area contributed by atoms with E-state index >= 15 is 0 Å². The number of rotatable bonds is 4. The van der Waals surface area contributed by atoms with Crippen LogP contribution in [0.4, 0.5) is 0 Å². The van der Waals surface area contributed by atoms with Gasteiger partial charge < -0.3 is 24.1 Å². The lowest BCUT2D eigenvalue weighted by Crippen LogP contribution is -2.47. The largest absolute Gasteiger partial charge is 0.459 e. The molecule has 2 aliphatic heterocycles. The molecule has 172 valence electrons. The van der Waals surface area contributed by atoms with Crippen LogP contribution in [0.5, 0.6) is 0 Å². The van der Waals surface area contributed by atoms with Crippen molar-refractivity contribution < 1.29 is 18.8 Å². The summed E-state index contributed by atoms with van der Waals surface area (Å²) in [6.45, 7) is 2.72. The van der Waals surface area contributed by atoms with Gasteiger partial charge in [-0.3, -0.25) is 14.4 Å². The molecule has 1 aromatic carbocycles. The van der Waals surface area contributed by atoms with E-state index in [4.69, 9.17) is 4.42 Å². The fourth-order valence-electron chi connectivity index (χ4n) is 5.19. The highest BCUT2D eigenvalue weighted by atomic mass is 16.3. The van der Waals surface area contributed by atoms with E-state index in [1.807, 2.05) is 51.9 Å². The minimum absolute atomic E-state index is 0.0434. The van der Waals surface area contributed by atoms with Gasteiger partial charge in [0.05, 0.1) is 18.4 Å². The normalized spacial score (nSPS) is 17.6. The highest BCUT2D eigenvalue weighted by molar-refractivity contribution is 6.07. The first-order valence-corrected chi connectivity index (χ1v) is 11.4. The molecule has 33 heavy (non-hydrogen) atoms. The van der Waals surface area contributed by atoms with Gasteiger partial charge in [-0.1, -0.05) is 18.2 Å². The summed E-state index contributed by atoms with van der Waals surface area (Å²) in [7, 11) is 1.97. The van der Waals surface area contributed by atoms with Crippen LogP contribution in [-0.4, -0.2) is 64.8 Å². The summed E-state index contributed by atoms with van der Waals surface area (Å²) in [4.78, 5) is 41.7. The molecule has 2 aliphatic rings. The Hall–Kier alpha value is -3.55. The van der Waals surface area contributed by atoms with Gasteiger partial charge in [-0.2, -0.15) is 0 Å². The van der Waals surface area contributed by atoms with Crippen molar-refractivity contribution in [3.8, 4) is 0 Å². The Labute approximate surface area is 192 Å². The summed E-state index contributed by atoms with van der Waals surface area (Å²) in [5.41, 5.74) is 1.87. The number of hydrogen-bond acceptors (Lipinski definition) is 4. The van der Waals surface area contributed by atoms with Gasteiger partial charge in [0.1, 0.15) is 0 Å². The fraction of sp³-hybridized carbons (Fsp3) is 0.400. The van der Waals surface area contributed by atoms with Crippen LogP contribution in [0.2, 0.25) is 0 Å². The number of piperidine rings is 1. The number of fused-ring (bicyclic) bond motifs is 1. The van der Waals surface area contributed by atoms with Crippen LogP contribution in [0.3, 0.4) is 0 Å². The predicted molar refractivity (Wildman–Crippen MR) is 123 cm³/mol. The van der Waals surface area contributed by atoms with Gasteiger partial charge in [-0.05, 0) is 42.9 Å². The summed E-state index contributed by atoms with van der Waals surface area (Å²) in [5, 5.41) is 3.61. The van der Waals surface area contributed by atoms with Crippen molar-refractivity contribution in [3.05, 3.63) is 60.2 Å². The first-order valence-electron chi connectivity index (χ1n) is 11.4. The van der Waals surface area contributed by atoms with Gasteiger partial charge in [-0.15, -0.1) is 0 Å². The van der Waals surface area contributed by atoms with Gasteiger partial charge in [-0.25, -0.2) is 0 Å². The molecule has 0 bridgehead atoms. The number of likely N-dealkylation sites (tertiary alicyclic amines) is 2. The van der Waals surface area contributed by atoms with Crippen LogP contribution < -0.4 is 5.32 Å². The van der Waals surface area contributed by atoms with Crippen LogP contribution >= 0.6 is 0 Å². The number of furan rings is 1. The van der Waals surface area contributed by atoms with Crippen molar-refractivity contribution in [3.63, 3.8) is 0 Å². The van der Waals surface area contributed by atoms with Crippen LogP contribution in [-0.2, 0) is 11.8 Å². The lowest BCUT2D eigenvalue weighted by Gasteiger charge is -2.39. The minimum Gasteiger partial charge on any atom is -0.459 e. The minimum atomic E-state index is -0.389. The maximum Gasteiger partial charge on any atom is 0.287 e. The number of carbonyl (C=O) groups excluding carboxylic acids is 3. The summed E-state index contributed by atoms with van der Waals surface area (Å²) in [6.07, 6.45) is 6.04. The third-order valence-corrected chi connectivity index (χ3v) is 7.17. The molecule has 4 heterocycles. The molecule has 0 aliphatic carbocycles. The number of aryl methyl sites for hydroxylation is 1. The molecule has 1 spiro atoms. The van der Waals surface area contributed by atoms with Crippen LogP contribution in [0.15, 0.2) is 53.3 Å². The molecule has 8 heteroatoms. The molecule has 2 aromatic heterocycles. The summed E-state index contributed by atoms with van der Waals surface area (Å²) in [6, 6.07) is 11.2. The highest BCUT2D eigenvalue weighted by Gasteiger charge is 2.43.